The van der Waals surface area contributed by atoms with E-state index in [0.29, 0.717) is 42.4 Å². The summed E-state index contributed by atoms with van der Waals surface area (Å²) in [6.07, 6.45) is 8.48. The summed E-state index contributed by atoms with van der Waals surface area (Å²) in [6, 6.07) is 6.15. The van der Waals surface area contributed by atoms with Crippen LogP contribution < -0.4 is 10.2 Å². The van der Waals surface area contributed by atoms with Gasteiger partial charge in [-0.05, 0) is 39.2 Å². The molecule has 1 atom stereocenters. The molecule has 4 aromatic rings. The third-order valence-electron chi connectivity index (χ3n) is 6.67. The Morgan fingerprint density at radius 3 is 2.73 bits per heavy atom. The van der Waals surface area contributed by atoms with E-state index in [1.54, 1.807) is 18.5 Å². The van der Waals surface area contributed by atoms with E-state index in [-0.39, 0.29) is 17.2 Å². The van der Waals surface area contributed by atoms with E-state index in [4.69, 9.17) is 5.10 Å². The number of nitrogens with one attached hydrogen (secondary N) is 1. The Morgan fingerprint density at radius 2 is 2.00 bits per heavy atom. The summed E-state index contributed by atoms with van der Waals surface area (Å²) in [5.74, 6) is 2.33. The first-order valence-corrected chi connectivity index (χ1v) is 13.8. The van der Waals surface area contributed by atoms with Gasteiger partial charge in [-0.15, -0.1) is 0 Å². The van der Waals surface area contributed by atoms with Gasteiger partial charge in [0.15, 0.2) is 11.6 Å². The van der Waals surface area contributed by atoms with Crippen molar-refractivity contribution in [3.8, 4) is 17.5 Å². The van der Waals surface area contributed by atoms with Crippen molar-refractivity contribution in [2.75, 3.05) is 23.3 Å². The second-order valence-electron chi connectivity index (χ2n) is 9.75. The van der Waals surface area contributed by atoms with E-state index in [2.05, 4.69) is 50.2 Å². The van der Waals surface area contributed by atoms with Gasteiger partial charge in [0.1, 0.15) is 11.6 Å². The minimum Gasteiger partial charge on any atom is -0.353 e. The summed E-state index contributed by atoms with van der Waals surface area (Å²) in [5.41, 5.74) is 1.45. The van der Waals surface area contributed by atoms with Crippen molar-refractivity contribution in [1.82, 2.24) is 33.9 Å². The van der Waals surface area contributed by atoms with Crippen LogP contribution in [0.2, 0.25) is 0 Å². The van der Waals surface area contributed by atoms with Gasteiger partial charge in [0.05, 0.1) is 46.1 Å². The van der Waals surface area contributed by atoms with Crippen LogP contribution in [0.3, 0.4) is 0 Å². The molecule has 4 aromatic heterocycles. The van der Waals surface area contributed by atoms with Crippen molar-refractivity contribution < 1.29 is 8.42 Å². The van der Waals surface area contributed by atoms with Gasteiger partial charge in [-0.2, -0.15) is 19.5 Å². The molecule has 1 N–H and O–H groups in total. The van der Waals surface area contributed by atoms with Crippen molar-refractivity contribution in [3.05, 3.63) is 36.9 Å². The van der Waals surface area contributed by atoms with Crippen molar-refractivity contribution in [3.63, 3.8) is 0 Å². The summed E-state index contributed by atoms with van der Waals surface area (Å²) >= 11 is 0. The molecule has 0 spiro atoms. The number of rotatable bonds is 7. The summed E-state index contributed by atoms with van der Waals surface area (Å²) in [4.78, 5) is 15.6. The monoisotopic (exact) mass is 518 g/mol. The van der Waals surface area contributed by atoms with Crippen LogP contribution in [0, 0.1) is 17.2 Å². The molecule has 1 aliphatic carbocycles. The Balaban J connectivity index is 1.28. The highest BCUT2D eigenvalue weighted by atomic mass is 32.2. The maximum atomic E-state index is 12.5. The third-order valence-corrected chi connectivity index (χ3v) is 8.70. The molecular weight excluding hydrogens is 492 g/mol. The molecule has 2 aliphatic rings. The van der Waals surface area contributed by atoms with Crippen LogP contribution in [-0.4, -0.2) is 60.7 Å². The molecule has 1 saturated heterocycles. The zero-order chi connectivity index (χ0) is 25.7. The highest BCUT2D eigenvalue weighted by Crippen LogP contribution is 2.33. The number of fused-ring (bicyclic) bond motifs is 1. The number of pyridine rings is 1. The van der Waals surface area contributed by atoms with Crippen molar-refractivity contribution >= 4 is 38.4 Å². The lowest BCUT2D eigenvalue weighted by molar-refractivity contribution is 0.549. The van der Waals surface area contributed by atoms with E-state index in [1.807, 2.05) is 10.7 Å². The molecule has 12 nitrogen and oxygen atoms in total. The molecule has 5 heterocycles. The van der Waals surface area contributed by atoms with Crippen LogP contribution in [0.5, 0.6) is 0 Å². The van der Waals surface area contributed by atoms with Crippen LogP contribution in [0.15, 0.2) is 36.9 Å². The Bertz CT molecular complexity index is 1630. The fourth-order valence-electron chi connectivity index (χ4n) is 4.55. The Hall–Kier alpha value is -4.05. The first kappa shape index (κ1) is 23.4. The molecular formula is C24H26N10O2S. The SMILES string of the molecule is CC(C)n1nc(N2CC[C@@H](C#N)C2)c2cnc(Nc3ccnc(-c4cnn(S(=O)(=O)C5CC5)c4)n3)cc21. The molecule has 37 heavy (non-hydrogen) atoms. The van der Waals surface area contributed by atoms with Crippen LogP contribution in [0.25, 0.3) is 22.3 Å². The zero-order valence-corrected chi connectivity index (χ0v) is 21.3. The number of nitrogens with zero attached hydrogens (tertiary/aromatic N) is 9. The summed E-state index contributed by atoms with van der Waals surface area (Å²) in [6.45, 7) is 5.62. The van der Waals surface area contributed by atoms with E-state index < -0.39 is 10.0 Å². The van der Waals surface area contributed by atoms with Crippen LogP contribution in [-0.2, 0) is 10.0 Å². The fourth-order valence-corrected chi connectivity index (χ4v) is 6.02. The molecule has 0 bridgehead atoms. The second kappa shape index (κ2) is 8.81. The summed E-state index contributed by atoms with van der Waals surface area (Å²) in [5, 5.41) is 22.0. The summed E-state index contributed by atoms with van der Waals surface area (Å²) in [7, 11) is -3.46. The second-order valence-corrected chi connectivity index (χ2v) is 11.8. The number of hydrogen-bond acceptors (Lipinski definition) is 10. The van der Waals surface area contributed by atoms with Crippen LogP contribution >= 0.6 is 0 Å². The predicted molar refractivity (Wildman–Crippen MR) is 138 cm³/mol. The Kier molecular flexibility index (Phi) is 5.56. The molecule has 0 unspecified atom stereocenters. The molecule has 190 valence electrons. The van der Waals surface area contributed by atoms with Gasteiger partial charge in [0.25, 0.3) is 10.0 Å². The van der Waals surface area contributed by atoms with Crippen molar-refractivity contribution in [1.29, 1.82) is 5.26 Å². The van der Waals surface area contributed by atoms with Gasteiger partial charge in [-0.25, -0.2) is 23.4 Å². The van der Waals surface area contributed by atoms with Crippen LogP contribution in [0.4, 0.5) is 17.5 Å². The largest absolute Gasteiger partial charge is 0.353 e. The maximum absolute atomic E-state index is 12.5. The minimum atomic E-state index is -3.46. The number of nitriles is 1. The quantitative estimate of drug-likeness (QED) is 0.387. The fraction of sp³-hybridized carbons (Fsp3) is 0.417. The normalized spacial score (nSPS) is 18.0. The highest BCUT2D eigenvalue weighted by Gasteiger charge is 2.37. The van der Waals surface area contributed by atoms with E-state index in [9.17, 15) is 13.7 Å². The lowest BCUT2D eigenvalue weighted by Crippen LogP contribution is -2.20. The maximum Gasteiger partial charge on any atom is 0.256 e. The van der Waals surface area contributed by atoms with Gasteiger partial charge >= 0.3 is 0 Å². The molecule has 2 fully saturated rings. The summed E-state index contributed by atoms with van der Waals surface area (Å²) < 4.78 is 27.9. The molecule has 13 heteroatoms. The van der Waals surface area contributed by atoms with E-state index in [0.717, 1.165) is 33.8 Å². The first-order chi connectivity index (χ1) is 17.8. The Labute approximate surface area is 214 Å². The van der Waals surface area contributed by atoms with Gasteiger partial charge in [-0.1, -0.05) is 0 Å². The van der Waals surface area contributed by atoms with Gasteiger partial charge < -0.3 is 10.2 Å². The smallest absolute Gasteiger partial charge is 0.256 e. The zero-order valence-electron chi connectivity index (χ0n) is 20.5. The highest BCUT2D eigenvalue weighted by molar-refractivity contribution is 7.90. The van der Waals surface area contributed by atoms with E-state index in [1.165, 1.54) is 12.4 Å². The van der Waals surface area contributed by atoms with Gasteiger partial charge in [0.2, 0.25) is 0 Å². The predicted octanol–water partition coefficient (Wildman–Crippen LogP) is 3.10. The lowest BCUT2D eigenvalue weighted by Gasteiger charge is -2.14. The molecule has 1 aliphatic heterocycles. The Morgan fingerprint density at radius 1 is 1.16 bits per heavy atom. The number of hydrogen-bond donors (Lipinski definition) is 1. The molecule has 0 radical (unpaired) electrons. The minimum absolute atomic E-state index is 0.0148. The molecule has 6 rings (SSSR count). The van der Waals surface area contributed by atoms with Crippen molar-refractivity contribution in [2.24, 2.45) is 5.92 Å². The molecule has 0 amide bonds. The molecule has 1 saturated carbocycles. The average molecular weight is 519 g/mol. The van der Waals surface area contributed by atoms with Gasteiger partial charge in [0, 0.05) is 37.6 Å². The number of anilines is 3. The standard InChI is InChI=1S/C24H26N10O2S/c1-15(2)34-20-9-22(27-12-19(20)24(31-34)32-8-6-16(10-25)13-32)29-21-5-7-26-23(30-21)17-11-28-33(14-17)37(35,36)18-3-4-18/h5,7,9,11-12,14-16,18H,3-4,6,8,13H2,1-2H3,(H,26,27,29,30)/t16-/m0/s1. The topological polar surface area (TPSA) is 148 Å². The first-order valence-electron chi connectivity index (χ1n) is 12.3. The van der Waals surface area contributed by atoms with Gasteiger partial charge in [-0.3, -0.25) is 4.68 Å². The lowest BCUT2D eigenvalue weighted by atomic mass is 10.1. The number of aromatic nitrogens is 7. The van der Waals surface area contributed by atoms with Crippen LogP contribution in [0.1, 0.15) is 39.2 Å². The molecule has 0 aromatic carbocycles. The van der Waals surface area contributed by atoms with E-state index >= 15 is 0 Å². The van der Waals surface area contributed by atoms with Crippen molar-refractivity contribution in [2.45, 2.75) is 44.4 Å². The average Bonchev–Trinajstić information content (AvgIpc) is 3.29. The third kappa shape index (κ3) is 4.27.